The molecule has 0 aromatic carbocycles. The third-order valence-electron chi connectivity index (χ3n) is 1.63. The van der Waals surface area contributed by atoms with Crippen LogP contribution in [0.15, 0.2) is 30.5 Å². The van der Waals surface area contributed by atoms with Gasteiger partial charge in [-0.05, 0) is 13.0 Å². The second kappa shape index (κ2) is 4.82. The number of halogens is 3. The molecule has 5 heteroatoms. The molecule has 0 saturated carbocycles. The summed E-state index contributed by atoms with van der Waals surface area (Å²) in [5, 5.41) is 0. The lowest BCUT2D eigenvalue weighted by molar-refractivity contribution is -0.137. The summed E-state index contributed by atoms with van der Waals surface area (Å²) >= 11 is 0. The van der Waals surface area contributed by atoms with Gasteiger partial charge in [0.25, 0.3) is 0 Å². The minimum absolute atomic E-state index is 0.182. The summed E-state index contributed by atoms with van der Waals surface area (Å²) in [5.41, 5.74) is -0.777. The van der Waals surface area contributed by atoms with E-state index in [0.717, 1.165) is 12.3 Å². The Labute approximate surface area is 85.4 Å². The maximum atomic E-state index is 12.1. The normalized spacial score (nSPS) is 12.0. The van der Waals surface area contributed by atoms with Crippen LogP contribution in [0, 0.1) is 0 Å². The lowest BCUT2D eigenvalue weighted by atomic mass is 10.3. The van der Waals surface area contributed by atoms with Gasteiger partial charge in [-0.1, -0.05) is 12.2 Å². The molecule has 1 heterocycles. The van der Waals surface area contributed by atoms with Crippen LogP contribution in [0.25, 0.3) is 0 Å². The lowest BCUT2D eigenvalue weighted by Crippen LogP contribution is -2.05. The summed E-state index contributed by atoms with van der Waals surface area (Å²) in [6.45, 7) is 2.12. The van der Waals surface area contributed by atoms with Crippen LogP contribution in [-0.2, 0) is 6.18 Å². The van der Waals surface area contributed by atoms with Crippen LogP contribution in [0.1, 0.15) is 12.5 Å². The zero-order valence-electron chi connectivity index (χ0n) is 8.08. The largest absolute Gasteiger partial charge is 0.473 e. The Bertz CT molecular complexity index is 330. The summed E-state index contributed by atoms with van der Waals surface area (Å²) in [5.74, 6) is 0.182. The zero-order chi connectivity index (χ0) is 11.3. The molecular weight excluding hydrogens is 207 g/mol. The number of rotatable bonds is 3. The van der Waals surface area contributed by atoms with Crippen LogP contribution in [0.3, 0.4) is 0 Å². The molecular formula is C10H10F3NO. The van der Waals surface area contributed by atoms with Gasteiger partial charge in [0.1, 0.15) is 6.61 Å². The van der Waals surface area contributed by atoms with E-state index in [0.29, 0.717) is 6.61 Å². The van der Waals surface area contributed by atoms with E-state index in [1.54, 1.807) is 12.2 Å². The number of pyridine rings is 1. The van der Waals surface area contributed by atoms with E-state index < -0.39 is 11.7 Å². The first-order chi connectivity index (χ1) is 7.04. The van der Waals surface area contributed by atoms with Crippen molar-refractivity contribution in [2.24, 2.45) is 0 Å². The van der Waals surface area contributed by atoms with E-state index in [1.807, 2.05) is 6.92 Å². The number of alkyl halides is 3. The van der Waals surface area contributed by atoms with Gasteiger partial charge in [0.05, 0.1) is 5.56 Å². The van der Waals surface area contributed by atoms with Crippen LogP contribution in [0.2, 0.25) is 0 Å². The minimum atomic E-state index is -4.35. The number of hydrogen-bond donors (Lipinski definition) is 0. The smallest absolute Gasteiger partial charge is 0.417 e. The average Bonchev–Trinajstić information content (AvgIpc) is 2.18. The molecule has 0 N–H and O–H groups in total. The van der Waals surface area contributed by atoms with Crippen LogP contribution >= 0.6 is 0 Å². The second-order valence-corrected chi connectivity index (χ2v) is 2.76. The van der Waals surface area contributed by atoms with Crippen LogP contribution in [0.4, 0.5) is 13.2 Å². The number of ether oxygens (including phenoxy) is 1. The van der Waals surface area contributed by atoms with Gasteiger partial charge in [0.15, 0.2) is 0 Å². The van der Waals surface area contributed by atoms with Crippen LogP contribution in [0.5, 0.6) is 5.88 Å². The molecule has 82 valence electrons. The zero-order valence-corrected chi connectivity index (χ0v) is 8.08. The molecule has 15 heavy (non-hydrogen) atoms. The molecule has 0 spiro atoms. The number of nitrogens with zero attached hydrogens (tertiary/aromatic N) is 1. The maximum absolute atomic E-state index is 12.1. The first-order valence-electron chi connectivity index (χ1n) is 4.31. The molecule has 1 aromatic rings. The Hall–Kier alpha value is -1.52. The van der Waals surface area contributed by atoms with E-state index in [4.69, 9.17) is 4.74 Å². The van der Waals surface area contributed by atoms with Crippen LogP contribution < -0.4 is 4.74 Å². The molecule has 2 nitrogen and oxygen atoms in total. The van der Waals surface area contributed by atoms with Gasteiger partial charge in [0.2, 0.25) is 5.88 Å². The van der Waals surface area contributed by atoms with Gasteiger partial charge in [-0.2, -0.15) is 13.2 Å². The first kappa shape index (κ1) is 11.6. The highest BCUT2D eigenvalue weighted by Crippen LogP contribution is 2.29. The van der Waals surface area contributed by atoms with Crippen molar-refractivity contribution in [3.05, 3.63) is 36.0 Å². The fourth-order valence-electron chi connectivity index (χ4n) is 0.863. The van der Waals surface area contributed by atoms with Gasteiger partial charge in [-0.25, -0.2) is 4.98 Å². The summed E-state index contributed by atoms with van der Waals surface area (Å²) < 4.78 is 41.5. The topological polar surface area (TPSA) is 22.1 Å². The molecule has 0 aliphatic carbocycles. The van der Waals surface area contributed by atoms with Crippen molar-refractivity contribution in [2.45, 2.75) is 13.1 Å². The molecule has 0 fully saturated rings. The van der Waals surface area contributed by atoms with Crippen molar-refractivity contribution in [1.82, 2.24) is 4.98 Å². The van der Waals surface area contributed by atoms with E-state index in [1.165, 1.54) is 6.07 Å². The van der Waals surface area contributed by atoms with Crippen molar-refractivity contribution < 1.29 is 17.9 Å². The monoisotopic (exact) mass is 217 g/mol. The SMILES string of the molecule is CC=CCOc1ccc(C(F)(F)F)cn1. The predicted octanol–water partition coefficient (Wildman–Crippen LogP) is 3.06. The molecule has 1 aromatic heterocycles. The van der Waals surface area contributed by atoms with E-state index in [-0.39, 0.29) is 5.88 Å². The molecule has 0 aliphatic heterocycles. The highest BCUT2D eigenvalue weighted by molar-refractivity contribution is 5.20. The Balaban J connectivity index is 2.64. The quantitative estimate of drug-likeness (QED) is 0.726. The molecule has 0 radical (unpaired) electrons. The lowest BCUT2D eigenvalue weighted by Gasteiger charge is -2.06. The van der Waals surface area contributed by atoms with Gasteiger partial charge < -0.3 is 4.74 Å². The molecule has 0 bridgehead atoms. The molecule has 0 saturated heterocycles. The predicted molar refractivity (Wildman–Crippen MR) is 49.5 cm³/mol. The fraction of sp³-hybridized carbons (Fsp3) is 0.300. The van der Waals surface area contributed by atoms with E-state index in [2.05, 4.69) is 4.98 Å². The highest BCUT2D eigenvalue weighted by Gasteiger charge is 2.30. The third-order valence-corrected chi connectivity index (χ3v) is 1.63. The summed E-state index contributed by atoms with van der Waals surface area (Å²) in [7, 11) is 0. The third kappa shape index (κ3) is 3.61. The summed E-state index contributed by atoms with van der Waals surface area (Å²) in [4.78, 5) is 3.54. The Morgan fingerprint density at radius 1 is 1.40 bits per heavy atom. The number of allylic oxidation sites excluding steroid dienone is 1. The van der Waals surface area contributed by atoms with Crippen molar-refractivity contribution in [2.75, 3.05) is 6.61 Å². The van der Waals surface area contributed by atoms with Crippen molar-refractivity contribution >= 4 is 0 Å². The molecule has 0 aliphatic rings. The Morgan fingerprint density at radius 3 is 2.60 bits per heavy atom. The van der Waals surface area contributed by atoms with Crippen molar-refractivity contribution in [3.8, 4) is 5.88 Å². The fourth-order valence-corrected chi connectivity index (χ4v) is 0.863. The standard InChI is InChI=1S/C10H10F3NO/c1-2-3-6-15-9-5-4-8(7-14-9)10(11,12)13/h2-5,7H,6H2,1H3. The Kier molecular flexibility index (Phi) is 3.71. The van der Waals surface area contributed by atoms with E-state index in [9.17, 15) is 13.2 Å². The molecule has 0 amide bonds. The average molecular weight is 217 g/mol. The summed E-state index contributed by atoms with van der Waals surface area (Å²) in [6, 6.07) is 2.14. The Morgan fingerprint density at radius 2 is 2.13 bits per heavy atom. The minimum Gasteiger partial charge on any atom is -0.473 e. The maximum Gasteiger partial charge on any atom is 0.417 e. The number of hydrogen-bond acceptors (Lipinski definition) is 2. The molecule has 0 unspecified atom stereocenters. The van der Waals surface area contributed by atoms with Gasteiger partial charge in [0, 0.05) is 12.3 Å². The van der Waals surface area contributed by atoms with Crippen LogP contribution in [-0.4, -0.2) is 11.6 Å². The second-order valence-electron chi connectivity index (χ2n) is 2.76. The summed E-state index contributed by atoms with van der Waals surface area (Å²) in [6.07, 6.45) is -0.0801. The van der Waals surface area contributed by atoms with Crippen molar-refractivity contribution in [3.63, 3.8) is 0 Å². The van der Waals surface area contributed by atoms with E-state index >= 15 is 0 Å². The highest BCUT2D eigenvalue weighted by atomic mass is 19.4. The first-order valence-corrected chi connectivity index (χ1v) is 4.31. The van der Waals surface area contributed by atoms with Crippen molar-refractivity contribution in [1.29, 1.82) is 0 Å². The number of aromatic nitrogens is 1. The molecule has 0 atom stereocenters. The van der Waals surface area contributed by atoms with Gasteiger partial charge in [-0.15, -0.1) is 0 Å². The van der Waals surface area contributed by atoms with Gasteiger partial charge >= 0.3 is 6.18 Å². The molecule has 1 rings (SSSR count). The van der Waals surface area contributed by atoms with Gasteiger partial charge in [-0.3, -0.25) is 0 Å².